The lowest BCUT2D eigenvalue weighted by Gasteiger charge is -2.27. The molecule has 4 nitrogen and oxygen atoms in total. The van der Waals surface area contributed by atoms with E-state index in [0.29, 0.717) is 37.6 Å². The molecule has 0 bridgehead atoms. The van der Waals surface area contributed by atoms with E-state index in [0.717, 1.165) is 5.56 Å². The predicted octanol–water partition coefficient (Wildman–Crippen LogP) is 1.05. The van der Waals surface area contributed by atoms with E-state index in [1.807, 2.05) is 19.1 Å². The molecule has 86 valence electrons. The summed E-state index contributed by atoms with van der Waals surface area (Å²) in [5.41, 5.74) is 7.96. The zero-order valence-electron chi connectivity index (χ0n) is 9.40. The average Bonchev–Trinajstić information content (AvgIpc) is 2.30. The second-order valence-electron chi connectivity index (χ2n) is 3.94. The number of anilines is 1. The summed E-state index contributed by atoms with van der Waals surface area (Å²) in [6, 6.07) is 5.53. The number of carbonyl (C=O) groups is 1. The Labute approximate surface area is 95.0 Å². The van der Waals surface area contributed by atoms with E-state index in [-0.39, 0.29) is 5.91 Å². The fourth-order valence-corrected chi connectivity index (χ4v) is 1.91. The third-order valence-corrected chi connectivity index (χ3v) is 2.82. The van der Waals surface area contributed by atoms with Crippen LogP contribution in [0.5, 0.6) is 0 Å². The fraction of sp³-hybridized carbons (Fsp3) is 0.417. The Morgan fingerprint density at radius 2 is 2.06 bits per heavy atom. The minimum absolute atomic E-state index is 0.0129. The molecule has 16 heavy (non-hydrogen) atoms. The molecule has 1 aromatic rings. The molecule has 0 aliphatic carbocycles. The van der Waals surface area contributed by atoms with Crippen molar-refractivity contribution in [1.29, 1.82) is 0 Å². The summed E-state index contributed by atoms with van der Waals surface area (Å²) in [7, 11) is 0. The number of aryl methyl sites for hydroxylation is 1. The van der Waals surface area contributed by atoms with Gasteiger partial charge in [-0.05, 0) is 18.6 Å². The van der Waals surface area contributed by atoms with Gasteiger partial charge in [0.05, 0.1) is 18.8 Å². The number of amides is 1. The summed E-state index contributed by atoms with van der Waals surface area (Å²) in [5.74, 6) is 0.0129. The van der Waals surface area contributed by atoms with E-state index < -0.39 is 0 Å². The lowest BCUT2D eigenvalue weighted by molar-refractivity contribution is 0.0303. The minimum atomic E-state index is 0.0129. The van der Waals surface area contributed by atoms with Gasteiger partial charge in [-0.3, -0.25) is 4.79 Å². The lowest BCUT2D eigenvalue weighted by atomic mass is 10.1. The van der Waals surface area contributed by atoms with E-state index in [9.17, 15) is 4.79 Å². The van der Waals surface area contributed by atoms with Gasteiger partial charge in [-0.2, -0.15) is 0 Å². The number of hydrogen-bond donors (Lipinski definition) is 1. The van der Waals surface area contributed by atoms with Crippen molar-refractivity contribution in [2.24, 2.45) is 0 Å². The Bertz CT molecular complexity index is 378. The van der Waals surface area contributed by atoms with Gasteiger partial charge < -0.3 is 15.4 Å². The molecule has 1 fully saturated rings. The van der Waals surface area contributed by atoms with Crippen LogP contribution < -0.4 is 5.73 Å². The van der Waals surface area contributed by atoms with Gasteiger partial charge in [0, 0.05) is 18.8 Å². The van der Waals surface area contributed by atoms with E-state index in [1.54, 1.807) is 11.0 Å². The molecule has 0 aromatic heterocycles. The van der Waals surface area contributed by atoms with Gasteiger partial charge in [-0.15, -0.1) is 0 Å². The highest BCUT2D eigenvalue weighted by Crippen LogP contribution is 2.19. The molecule has 0 spiro atoms. The third-order valence-electron chi connectivity index (χ3n) is 2.82. The van der Waals surface area contributed by atoms with Crippen LogP contribution in [-0.2, 0) is 4.74 Å². The summed E-state index contributed by atoms with van der Waals surface area (Å²) in [4.78, 5) is 14.0. The monoisotopic (exact) mass is 220 g/mol. The van der Waals surface area contributed by atoms with Gasteiger partial charge in [0.1, 0.15) is 0 Å². The molecule has 1 aliphatic heterocycles. The fourth-order valence-electron chi connectivity index (χ4n) is 1.91. The molecule has 2 rings (SSSR count). The summed E-state index contributed by atoms with van der Waals surface area (Å²) in [6.45, 7) is 4.41. The number of benzene rings is 1. The van der Waals surface area contributed by atoms with Gasteiger partial charge in [-0.1, -0.05) is 12.1 Å². The van der Waals surface area contributed by atoms with Gasteiger partial charge >= 0.3 is 0 Å². The highest BCUT2D eigenvalue weighted by atomic mass is 16.5. The van der Waals surface area contributed by atoms with Crippen LogP contribution in [0.2, 0.25) is 0 Å². The van der Waals surface area contributed by atoms with Crippen LogP contribution in [0.4, 0.5) is 5.69 Å². The topological polar surface area (TPSA) is 55.6 Å². The zero-order chi connectivity index (χ0) is 11.5. The standard InChI is InChI=1S/C12H16N2O2/c1-9-3-2-4-10(13)11(9)12(15)14-5-7-16-8-6-14/h2-4H,5-8,13H2,1H3. The highest BCUT2D eigenvalue weighted by Gasteiger charge is 2.21. The van der Waals surface area contributed by atoms with Crippen molar-refractivity contribution in [1.82, 2.24) is 4.90 Å². The highest BCUT2D eigenvalue weighted by molar-refractivity contribution is 6.00. The summed E-state index contributed by atoms with van der Waals surface area (Å²) in [6.07, 6.45) is 0. The van der Waals surface area contributed by atoms with Gasteiger partial charge in [0.2, 0.25) is 0 Å². The maximum atomic E-state index is 12.2. The largest absolute Gasteiger partial charge is 0.398 e. The molecule has 0 radical (unpaired) electrons. The molecule has 4 heteroatoms. The Hall–Kier alpha value is -1.55. The van der Waals surface area contributed by atoms with Crippen LogP contribution in [0.3, 0.4) is 0 Å². The second-order valence-corrected chi connectivity index (χ2v) is 3.94. The molecular weight excluding hydrogens is 204 g/mol. The number of morpholine rings is 1. The maximum absolute atomic E-state index is 12.2. The smallest absolute Gasteiger partial charge is 0.256 e. The molecule has 0 saturated carbocycles. The Morgan fingerprint density at radius 3 is 2.69 bits per heavy atom. The first-order chi connectivity index (χ1) is 7.70. The zero-order valence-corrected chi connectivity index (χ0v) is 9.40. The number of nitrogen functional groups attached to an aromatic ring is 1. The minimum Gasteiger partial charge on any atom is -0.398 e. The van der Waals surface area contributed by atoms with Crippen molar-refractivity contribution < 1.29 is 9.53 Å². The molecule has 2 N–H and O–H groups in total. The van der Waals surface area contributed by atoms with E-state index in [2.05, 4.69) is 0 Å². The van der Waals surface area contributed by atoms with Crippen molar-refractivity contribution in [2.45, 2.75) is 6.92 Å². The molecule has 0 atom stereocenters. The van der Waals surface area contributed by atoms with Gasteiger partial charge in [0.25, 0.3) is 5.91 Å². The lowest BCUT2D eigenvalue weighted by Crippen LogP contribution is -2.41. The van der Waals surface area contributed by atoms with Crippen LogP contribution in [0.25, 0.3) is 0 Å². The Balaban J connectivity index is 2.26. The normalized spacial score (nSPS) is 16.2. The Morgan fingerprint density at radius 1 is 1.38 bits per heavy atom. The average molecular weight is 220 g/mol. The van der Waals surface area contributed by atoms with Crippen LogP contribution in [0.15, 0.2) is 18.2 Å². The van der Waals surface area contributed by atoms with Gasteiger partial charge in [-0.25, -0.2) is 0 Å². The first-order valence-corrected chi connectivity index (χ1v) is 5.42. The first-order valence-electron chi connectivity index (χ1n) is 5.42. The molecule has 0 unspecified atom stereocenters. The molecule has 1 amide bonds. The van der Waals surface area contributed by atoms with Crippen LogP contribution in [0.1, 0.15) is 15.9 Å². The number of nitrogens with zero attached hydrogens (tertiary/aromatic N) is 1. The van der Waals surface area contributed by atoms with Crippen molar-refractivity contribution in [2.75, 3.05) is 32.0 Å². The summed E-state index contributed by atoms with van der Waals surface area (Å²) in [5, 5.41) is 0. The molecular formula is C12H16N2O2. The van der Waals surface area contributed by atoms with Crippen molar-refractivity contribution >= 4 is 11.6 Å². The van der Waals surface area contributed by atoms with E-state index in [4.69, 9.17) is 10.5 Å². The number of ether oxygens (including phenoxy) is 1. The third kappa shape index (κ3) is 2.02. The molecule has 1 aliphatic rings. The summed E-state index contributed by atoms with van der Waals surface area (Å²) < 4.78 is 5.22. The van der Waals surface area contributed by atoms with E-state index in [1.165, 1.54) is 0 Å². The maximum Gasteiger partial charge on any atom is 0.256 e. The molecule has 1 saturated heterocycles. The Kier molecular flexibility index (Phi) is 3.10. The number of nitrogens with two attached hydrogens (primary N) is 1. The number of carbonyl (C=O) groups excluding carboxylic acids is 1. The summed E-state index contributed by atoms with van der Waals surface area (Å²) >= 11 is 0. The number of rotatable bonds is 1. The quantitative estimate of drug-likeness (QED) is 0.720. The SMILES string of the molecule is Cc1cccc(N)c1C(=O)N1CCOCC1. The van der Waals surface area contributed by atoms with E-state index >= 15 is 0 Å². The van der Waals surface area contributed by atoms with Crippen molar-refractivity contribution in [3.05, 3.63) is 29.3 Å². The molecule has 1 heterocycles. The van der Waals surface area contributed by atoms with Crippen LogP contribution in [0, 0.1) is 6.92 Å². The predicted molar refractivity (Wildman–Crippen MR) is 62.3 cm³/mol. The van der Waals surface area contributed by atoms with Crippen molar-refractivity contribution in [3.8, 4) is 0 Å². The first kappa shape index (κ1) is 11.0. The van der Waals surface area contributed by atoms with Gasteiger partial charge in [0.15, 0.2) is 0 Å². The number of hydrogen-bond acceptors (Lipinski definition) is 3. The second kappa shape index (κ2) is 4.53. The molecule has 1 aromatic carbocycles. The van der Waals surface area contributed by atoms with Crippen LogP contribution in [-0.4, -0.2) is 37.1 Å². The van der Waals surface area contributed by atoms with Crippen LogP contribution >= 0.6 is 0 Å². The van der Waals surface area contributed by atoms with Crippen molar-refractivity contribution in [3.63, 3.8) is 0 Å².